The van der Waals surface area contributed by atoms with Crippen molar-refractivity contribution in [2.75, 3.05) is 0 Å². The minimum atomic E-state index is 1.16. The van der Waals surface area contributed by atoms with E-state index >= 15 is 0 Å². The fraction of sp³-hybridized carbons (Fsp3) is 0.727. The lowest BCUT2D eigenvalue weighted by molar-refractivity contribution is 1.23. The third kappa shape index (κ3) is 11.6. The highest BCUT2D eigenvalue weighted by atomic mass is 32.1. The van der Waals surface area contributed by atoms with Crippen LogP contribution >= 0.6 is 11.3 Å². The summed E-state index contributed by atoms with van der Waals surface area (Å²) in [6.07, 6.45) is 0. The van der Waals surface area contributed by atoms with Crippen LogP contribution in [0.5, 0.6) is 0 Å². The average molecular weight is 203 g/mol. The smallest absolute Gasteiger partial charge is 0.0797 e. The molecule has 0 saturated heterocycles. The zero-order valence-corrected chi connectivity index (χ0v) is 11.2. The Bertz CT molecular complexity index is 142. The highest BCUT2D eigenvalue weighted by Crippen LogP contribution is 2.07. The summed E-state index contributed by atoms with van der Waals surface area (Å²) in [5, 5.41) is 0. The molecule has 0 aromatic carbocycles. The van der Waals surface area contributed by atoms with Crippen molar-refractivity contribution in [2.45, 2.75) is 55.4 Å². The number of aryl methyl sites for hydroxylation is 2. The molecule has 1 heterocycles. The summed E-state index contributed by atoms with van der Waals surface area (Å²) in [7, 11) is 0. The zero-order valence-electron chi connectivity index (χ0n) is 10.4. The first-order valence-corrected chi connectivity index (χ1v) is 6.05. The Morgan fingerprint density at radius 3 is 1.38 bits per heavy atom. The SMILES string of the molecule is CC.CC.CC.Cc1ncsc1C. The number of hydrogen-bond donors (Lipinski definition) is 0. The second-order valence-corrected chi connectivity index (χ2v) is 2.55. The summed E-state index contributed by atoms with van der Waals surface area (Å²) in [6.45, 7) is 16.1. The van der Waals surface area contributed by atoms with Gasteiger partial charge in [0.1, 0.15) is 0 Å². The maximum Gasteiger partial charge on any atom is 0.0797 e. The van der Waals surface area contributed by atoms with Crippen LogP contribution in [-0.2, 0) is 0 Å². The lowest BCUT2D eigenvalue weighted by Crippen LogP contribution is -1.68. The summed E-state index contributed by atoms with van der Waals surface area (Å²) in [5.74, 6) is 0. The summed E-state index contributed by atoms with van der Waals surface area (Å²) in [6, 6.07) is 0. The van der Waals surface area contributed by atoms with Crippen molar-refractivity contribution in [3.8, 4) is 0 Å². The van der Waals surface area contributed by atoms with Crippen molar-refractivity contribution in [3.63, 3.8) is 0 Å². The summed E-state index contributed by atoms with van der Waals surface area (Å²) < 4.78 is 0. The van der Waals surface area contributed by atoms with Crippen LogP contribution < -0.4 is 0 Å². The second-order valence-electron chi connectivity index (χ2n) is 1.49. The van der Waals surface area contributed by atoms with Crippen molar-refractivity contribution >= 4 is 11.3 Å². The third-order valence-electron chi connectivity index (χ3n) is 0.985. The molecule has 0 spiro atoms. The molecule has 1 aromatic rings. The first-order valence-electron chi connectivity index (χ1n) is 5.17. The Labute approximate surface area is 88.2 Å². The topological polar surface area (TPSA) is 12.9 Å². The molecule has 0 fully saturated rings. The quantitative estimate of drug-likeness (QED) is 0.588. The highest BCUT2D eigenvalue weighted by molar-refractivity contribution is 7.09. The van der Waals surface area contributed by atoms with Gasteiger partial charge in [-0.1, -0.05) is 41.5 Å². The number of thiazole rings is 1. The number of nitrogens with zero attached hydrogens (tertiary/aromatic N) is 1. The zero-order chi connectivity index (χ0) is 11.3. The molecule has 0 unspecified atom stereocenters. The monoisotopic (exact) mass is 203 g/mol. The largest absolute Gasteiger partial charge is 0.250 e. The molecule has 1 rings (SSSR count). The molecule has 0 bridgehead atoms. The van der Waals surface area contributed by atoms with Gasteiger partial charge in [-0.3, -0.25) is 0 Å². The molecule has 0 N–H and O–H groups in total. The van der Waals surface area contributed by atoms with E-state index in [-0.39, 0.29) is 0 Å². The Hall–Kier alpha value is -0.370. The van der Waals surface area contributed by atoms with E-state index in [0.29, 0.717) is 0 Å². The van der Waals surface area contributed by atoms with E-state index < -0.39 is 0 Å². The molecule has 0 aliphatic heterocycles. The van der Waals surface area contributed by atoms with Gasteiger partial charge in [0.05, 0.1) is 11.2 Å². The first kappa shape index (κ1) is 18.4. The number of rotatable bonds is 0. The van der Waals surface area contributed by atoms with Crippen LogP contribution in [0, 0.1) is 13.8 Å². The highest BCUT2D eigenvalue weighted by Gasteiger charge is 1.88. The van der Waals surface area contributed by atoms with E-state index in [4.69, 9.17) is 0 Å². The lowest BCUT2D eigenvalue weighted by Gasteiger charge is -1.77. The molecule has 2 heteroatoms. The van der Waals surface area contributed by atoms with Crippen LogP contribution in [0.4, 0.5) is 0 Å². The van der Waals surface area contributed by atoms with Crippen LogP contribution in [0.25, 0.3) is 0 Å². The molecule has 0 amide bonds. The standard InChI is InChI=1S/C5H7NS.3C2H6/c1-4-5(2)7-3-6-4;3*1-2/h3H,1-2H3;3*1-2H3. The maximum atomic E-state index is 4.03. The Balaban J connectivity index is -0.000000144. The van der Waals surface area contributed by atoms with Crippen LogP contribution in [-0.4, -0.2) is 4.98 Å². The normalized spacial score (nSPS) is 6.46. The van der Waals surface area contributed by atoms with E-state index in [2.05, 4.69) is 11.9 Å². The van der Waals surface area contributed by atoms with Crippen molar-refractivity contribution in [1.29, 1.82) is 0 Å². The van der Waals surface area contributed by atoms with Crippen molar-refractivity contribution in [3.05, 3.63) is 16.1 Å². The van der Waals surface area contributed by atoms with Gasteiger partial charge in [0, 0.05) is 4.88 Å². The molecule has 0 aliphatic carbocycles. The van der Waals surface area contributed by atoms with Crippen LogP contribution in [0.3, 0.4) is 0 Å². The van der Waals surface area contributed by atoms with E-state index in [9.17, 15) is 0 Å². The molecule has 1 aromatic heterocycles. The number of aromatic nitrogens is 1. The average Bonchev–Trinajstić information content (AvgIpc) is 2.61. The van der Waals surface area contributed by atoms with Crippen molar-refractivity contribution < 1.29 is 0 Å². The minimum Gasteiger partial charge on any atom is -0.250 e. The predicted octanol–water partition coefficient (Wildman–Crippen LogP) is 4.84. The van der Waals surface area contributed by atoms with Gasteiger partial charge in [-0.25, -0.2) is 4.98 Å². The van der Waals surface area contributed by atoms with E-state index in [1.807, 2.05) is 54.0 Å². The Morgan fingerprint density at radius 1 is 0.923 bits per heavy atom. The van der Waals surface area contributed by atoms with Gasteiger partial charge in [0.25, 0.3) is 0 Å². The summed E-state index contributed by atoms with van der Waals surface area (Å²) in [4.78, 5) is 5.35. The molecular formula is C11H25NS. The predicted molar refractivity (Wildman–Crippen MR) is 65.6 cm³/mol. The van der Waals surface area contributed by atoms with E-state index in [1.54, 1.807) is 11.3 Å². The Morgan fingerprint density at radius 2 is 1.31 bits per heavy atom. The van der Waals surface area contributed by atoms with Crippen LogP contribution in [0.1, 0.15) is 52.1 Å². The number of hydrogen-bond acceptors (Lipinski definition) is 2. The van der Waals surface area contributed by atoms with Crippen LogP contribution in [0.2, 0.25) is 0 Å². The van der Waals surface area contributed by atoms with Gasteiger partial charge in [-0.15, -0.1) is 11.3 Å². The Kier molecular flexibility index (Phi) is 25.0. The summed E-state index contributed by atoms with van der Waals surface area (Å²) in [5.41, 5.74) is 3.02. The maximum absolute atomic E-state index is 4.03. The third-order valence-corrected chi connectivity index (χ3v) is 1.85. The van der Waals surface area contributed by atoms with Crippen LogP contribution in [0.15, 0.2) is 5.51 Å². The fourth-order valence-electron chi connectivity index (χ4n) is 0.361. The second kappa shape index (κ2) is 17.6. The van der Waals surface area contributed by atoms with Gasteiger partial charge < -0.3 is 0 Å². The van der Waals surface area contributed by atoms with Gasteiger partial charge in [0.2, 0.25) is 0 Å². The van der Waals surface area contributed by atoms with Gasteiger partial charge in [-0.05, 0) is 13.8 Å². The molecule has 0 aliphatic rings. The van der Waals surface area contributed by atoms with Gasteiger partial charge >= 0.3 is 0 Å². The van der Waals surface area contributed by atoms with E-state index in [1.165, 1.54) is 4.88 Å². The first-order chi connectivity index (χ1) is 6.30. The summed E-state index contributed by atoms with van der Waals surface area (Å²) >= 11 is 1.69. The van der Waals surface area contributed by atoms with Gasteiger partial charge in [-0.2, -0.15) is 0 Å². The molecule has 0 radical (unpaired) electrons. The lowest BCUT2D eigenvalue weighted by atomic mass is 10.4. The fourth-order valence-corrected chi connectivity index (χ4v) is 0.953. The molecule has 13 heavy (non-hydrogen) atoms. The molecular weight excluding hydrogens is 178 g/mol. The van der Waals surface area contributed by atoms with Crippen molar-refractivity contribution in [2.24, 2.45) is 0 Å². The molecule has 0 saturated carbocycles. The van der Waals surface area contributed by atoms with Crippen molar-refractivity contribution in [1.82, 2.24) is 4.98 Å². The molecule has 1 nitrogen and oxygen atoms in total. The van der Waals surface area contributed by atoms with E-state index in [0.717, 1.165) is 5.69 Å². The minimum absolute atomic E-state index is 1.16. The molecule has 0 atom stereocenters. The molecule has 80 valence electrons. The van der Waals surface area contributed by atoms with Gasteiger partial charge in [0.15, 0.2) is 0 Å².